The van der Waals surface area contributed by atoms with Gasteiger partial charge in [0.05, 0.1) is 11.7 Å². The third kappa shape index (κ3) is 5.90. The zero-order valence-electron chi connectivity index (χ0n) is 16.9. The monoisotopic (exact) mass is 415 g/mol. The van der Waals surface area contributed by atoms with Gasteiger partial charge in [0.25, 0.3) is 0 Å². The van der Waals surface area contributed by atoms with Crippen molar-refractivity contribution in [3.63, 3.8) is 0 Å². The van der Waals surface area contributed by atoms with E-state index in [0.717, 1.165) is 0 Å². The highest BCUT2D eigenvalue weighted by Crippen LogP contribution is 2.27. The number of hydrogen-bond donors (Lipinski definition) is 1. The lowest BCUT2D eigenvalue weighted by atomic mass is 10.1. The van der Waals surface area contributed by atoms with E-state index in [-0.39, 0.29) is 30.4 Å². The standard InChI is InChI=1S/C21H25N3O6/c1-14(2)12-19(25)28-13-16-8-9-18(29-16)24-11-10-17(22-21(24)27)23-30-20(26)15-6-4-3-5-7-15/h3-7,10-11,14,16,18H,8-9,12-13H2,1-2H3,(H,22,23,27)/t16-,18+/m0/s1. The first kappa shape index (κ1) is 21.5. The molecular weight excluding hydrogens is 390 g/mol. The quantitative estimate of drug-likeness (QED) is 0.518. The molecule has 1 aliphatic rings. The number of benzene rings is 1. The highest BCUT2D eigenvalue weighted by atomic mass is 16.7. The van der Waals surface area contributed by atoms with E-state index < -0.39 is 17.9 Å². The van der Waals surface area contributed by atoms with Crippen molar-refractivity contribution in [1.82, 2.24) is 9.55 Å². The Hall–Kier alpha value is -3.20. The van der Waals surface area contributed by atoms with Gasteiger partial charge in [0.15, 0.2) is 5.82 Å². The van der Waals surface area contributed by atoms with Gasteiger partial charge in [-0.3, -0.25) is 9.36 Å². The lowest BCUT2D eigenvalue weighted by Gasteiger charge is -2.16. The molecule has 0 saturated carbocycles. The molecule has 30 heavy (non-hydrogen) atoms. The first-order chi connectivity index (χ1) is 14.4. The van der Waals surface area contributed by atoms with Crippen molar-refractivity contribution in [3.05, 3.63) is 58.6 Å². The Morgan fingerprint density at radius 3 is 2.70 bits per heavy atom. The number of esters is 1. The number of rotatable bonds is 8. The molecule has 1 aliphatic heterocycles. The van der Waals surface area contributed by atoms with Gasteiger partial charge < -0.3 is 14.3 Å². The molecule has 0 amide bonds. The maximum absolute atomic E-state index is 12.3. The maximum Gasteiger partial charge on any atom is 0.362 e. The van der Waals surface area contributed by atoms with Crippen LogP contribution in [0.3, 0.4) is 0 Å². The number of anilines is 1. The van der Waals surface area contributed by atoms with Gasteiger partial charge >= 0.3 is 17.6 Å². The predicted octanol–water partition coefficient (Wildman–Crippen LogP) is 2.69. The zero-order chi connectivity index (χ0) is 21.5. The minimum Gasteiger partial charge on any atom is -0.463 e. The van der Waals surface area contributed by atoms with Gasteiger partial charge in [0, 0.05) is 18.7 Å². The molecule has 160 valence electrons. The van der Waals surface area contributed by atoms with E-state index in [1.165, 1.54) is 16.8 Å². The molecule has 2 aromatic rings. The van der Waals surface area contributed by atoms with E-state index in [9.17, 15) is 14.4 Å². The fourth-order valence-electron chi connectivity index (χ4n) is 3.01. The number of hydrogen-bond acceptors (Lipinski definition) is 8. The molecule has 0 unspecified atom stereocenters. The minimum absolute atomic E-state index is 0.109. The Morgan fingerprint density at radius 2 is 2.00 bits per heavy atom. The zero-order valence-corrected chi connectivity index (χ0v) is 16.9. The van der Waals surface area contributed by atoms with Crippen LogP contribution in [0.1, 0.15) is 49.7 Å². The Labute approximate surface area is 173 Å². The van der Waals surface area contributed by atoms with Crippen molar-refractivity contribution in [3.8, 4) is 0 Å². The maximum atomic E-state index is 12.3. The van der Waals surface area contributed by atoms with E-state index >= 15 is 0 Å². The fourth-order valence-corrected chi connectivity index (χ4v) is 3.01. The molecule has 1 aromatic heterocycles. The largest absolute Gasteiger partial charge is 0.463 e. The highest BCUT2D eigenvalue weighted by Gasteiger charge is 2.28. The van der Waals surface area contributed by atoms with E-state index in [1.807, 2.05) is 13.8 Å². The number of carbonyl (C=O) groups is 2. The smallest absolute Gasteiger partial charge is 0.362 e. The van der Waals surface area contributed by atoms with Crippen LogP contribution in [0.25, 0.3) is 0 Å². The second-order valence-electron chi connectivity index (χ2n) is 7.43. The Bertz CT molecular complexity index is 928. The van der Waals surface area contributed by atoms with Crippen LogP contribution in [0, 0.1) is 5.92 Å². The summed E-state index contributed by atoms with van der Waals surface area (Å²) in [7, 11) is 0. The van der Waals surface area contributed by atoms with Crippen molar-refractivity contribution in [2.75, 3.05) is 12.1 Å². The van der Waals surface area contributed by atoms with Gasteiger partial charge in [-0.2, -0.15) is 10.5 Å². The first-order valence-electron chi connectivity index (χ1n) is 9.85. The molecule has 2 heterocycles. The number of nitrogens with one attached hydrogen (secondary N) is 1. The summed E-state index contributed by atoms with van der Waals surface area (Å²) in [6.07, 6.45) is 2.40. The lowest BCUT2D eigenvalue weighted by Crippen LogP contribution is -2.28. The minimum atomic E-state index is -0.587. The van der Waals surface area contributed by atoms with Gasteiger partial charge in [-0.1, -0.05) is 32.0 Å². The Morgan fingerprint density at radius 1 is 1.23 bits per heavy atom. The molecule has 0 bridgehead atoms. The molecule has 2 atom stereocenters. The van der Waals surface area contributed by atoms with E-state index in [2.05, 4.69) is 10.5 Å². The lowest BCUT2D eigenvalue weighted by molar-refractivity contribution is -0.149. The molecule has 1 fully saturated rings. The SMILES string of the molecule is CC(C)CC(=O)OC[C@@H]1CC[C@H](n2ccc(NOC(=O)c3ccccc3)nc2=O)O1. The van der Waals surface area contributed by atoms with Crippen LogP contribution < -0.4 is 11.2 Å². The average molecular weight is 415 g/mol. The van der Waals surface area contributed by atoms with Gasteiger partial charge in [0.2, 0.25) is 0 Å². The van der Waals surface area contributed by atoms with Gasteiger partial charge in [0.1, 0.15) is 12.8 Å². The third-order valence-corrected chi connectivity index (χ3v) is 4.49. The normalized spacial score (nSPS) is 18.2. The van der Waals surface area contributed by atoms with E-state index in [4.69, 9.17) is 14.3 Å². The van der Waals surface area contributed by atoms with Crippen LogP contribution >= 0.6 is 0 Å². The van der Waals surface area contributed by atoms with Gasteiger partial charge in [-0.15, -0.1) is 0 Å². The van der Waals surface area contributed by atoms with E-state index in [0.29, 0.717) is 24.8 Å². The average Bonchev–Trinajstić information content (AvgIpc) is 3.19. The predicted molar refractivity (Wildman–Crippen MR) is 108 cm³/mol. The summed E-state index contributed by atoms with van der Waals surface area (Å²) in [4.78, 5) is 44.8. The van der Waals surface area contributed by atoms with Crippen molar-refractivity contribution >= 4 is 17.8 Å². The molecular formula is C21H25N3O6. The van der Waals surface area contributed by atoms with Crippen LogP contribution in [0.15, 0.2) is 47.4 Å². The van der Waals surface area contributed by atoms with E-state index in [1.54, 1.807) is 30.3 Å². The number of aromatic nitrogens is 2. The molecule has 0 aliphatic carbocycles. The van der Waals surface area contributed by atoms with Crippen LogP contribution in [0.2, 0.25) is 0 Å². The summed E-state index contributed by atoms with van der Waals surface area (Å²) >= 11 is 0. The second-order valence-corrected chi connectivity index (χ2v) is 7.43. The summed E-state index contributed by atoms with van der Waals surface area (Å²) in [5.41, 5.74) is 2.22. The molecule has 1 saturated heterocycles. The number of carbonyl (C=O) groups excluding carboxylic acids is 2. The van der Waals surface area contributed by atoms with Crippen LogP contribution in [0.5, 0.6) is 0 Å². The highest BCUT2D eigenvalue weighted by molar-refractivity contribution is 5.89. The molecule has 9 heteroatoms. The Kier molecular flexibility index (Phi) is 7.18. The number of nitrogens with zero attached hydrogens (tertiary/aromatic N) is 2. The van der Waals surface area contributed by atoms with Crippen molar-refractivity contribution < 1.29 is 23.9 Å². The second kappa shape index (κ2) is 10.0. The van der Waals surface area contributed by atoms with Crippen molar-refractivity contribution in [2.24, 2.45) is 5.92 Å². The fraction of sp³-hybridized carbons (Fsp3) is 0.429. The van der Waals surface area contributed by atoms with Gasteiger partial charge in [-0.05, 0) is 30.9 Å². The van der Waals surface area contributed by atoms with Crippen LogP contribution in [-0.4, -0.2) is 34.2 Å². The molecule has 9 nitrogen and oxygen atoms in total. The molecule has 0 spiro atoms. The first-order valence-corrected chi connectivity index (χ1v) is 9.85. The topological polar surface area (TPSA) is 109 Å². The number of ether oxygens (including phenoxy) is 2. The summed E-state index contributed by atoms with van der Waals surface area (Å²) in [5.74, 6) is -0.497. The summed E-state index contributed by atoms with van der Waals surface area (Å²) < 4.78 is 12.4. The summed E-state index contributed by atoms with van der Waals surface area (Å²) in [6.45, 7) is 4.06. The molecule has 0 radical (unpaired) electrons. The third-order valence-electron chi connectivity index (χ3n) is 4.49. The van der Waals surface area contributed by atoms with Gasteiger partial charge in [-0.25, -0.2) is 9.59 Å². The molecule has 1 N–H and O–H groups in total. The summed E-state index contributed by atoms with van der Waals surface area (Å²) in [5, 5.41) is 0. The van der Waals surface area contributed by atoms with Crippen LogP contribution in [0.4, 0.5) is 5.82 Å². The van der Waals surface area contributed by atoms with Crippen molar-refractivity contribution in [2.45, 2.75) is 45.4 Å². The van der Waals surface area contributed by atoms with Crippen molar-refractivity contribution in [1.29, 1.82) is 0 Å². The summed E-state index contributed by atoms with van der Waals surface area (Å²) in [6, 6.07) is 9.97. The molecule has 3 rings (SSSR count). The Balaban J connectivity index is 1.51. The molecule has 1 aromatic carbocycles. The van der Waals surface area contributed by atoms with Crippen LogP contribution in [-0.2, 0) is 19.1 Å².